The molecule has 0 radical (unpaired) electrons. The van der Waals surface area contributed by atoms with Gasteiger partial charge in [0.25, 0.3) is 0 Å². The van der Waals surface area contributed by atoms with Crippen LogP contribution in [0, 0.1) is 17.7 Å². The highest BCUT2D eigenvalue weighted by molar-refractivity contribution is 5.71. The molecule has 0 bridgehead atoms. The minimum absolute atomic E-state index is 0.0217. The van der Waals surface area contributed by atoms with E-state index in [-0.39, 0.29) is 12.0 Å². The van der Waals surface area contributed by atoms with E-state index in [9.17, 15) is 9.90 Å². The monoisotopic (exact) mass is 561 g/mol. The topological polar surface area (TPSA) is 94.0 Å². The fourth-order valence-corrected chi connectivity index (χ4v) is 6.15. The van der Waals surface area contributed by atoms with Crippen LogP contribution in [-0.4, -0.2) is 59.4 Å². The molecule has 4 heterocycles. The van der Waals surface area contributed by atoms with Crippen LogP contribution in [0.2, 0.25) is 0 Å². The number of aromatic nitrogens is 2. The fourth-order valence-electron chi connectivity index (χ4n) is 6.15. The first kappa shape index (κ1) is 27.6. The zero-order valence-corrected chi connectivity index (χ0v) is 23.5. The minimum Gasteiger partial charge on any atom is -0.484 e. The van der Waals surface area contributed by atoms with Crippen molar-refractivity contribution in [3.63, 3.8) is 0 Å². The van der Waals surface area contributed by atoms with Crippen LogP contribution in [0.5, 0.6) is 11.6 Å². The number of ether oxygens (including phenoxy) is 3. The maximum absolute atomic E-state index is 15.0. The van der Waals surface area contributed by atoms with E-state index >= 15 is 4.39 Å². The number of rotatable bonds is 9. The molecule has 8 nitrogen and oxygen atoms in total. The van der Waals surface area contributed by atoms with Gasteiger partial charge < -0.3 is 19.3 Å². The number of hydrogen-bond acceptors (Lipinski definition) is 7. The number of aliphatic carboxylic acids is 1. The minimum atomic E-state index is -0.765. The van der Waals surface area contributed by atoms with E-state index in [4.69, 9.17) is 19.2 Å². The van der Waals surface area contributed by atoms with Crippen molar-refractivity contribution in [2.24, 2.45) is 11.8 Å². The summed E-state index contributed by atoms with van der Waals surface area (Å²) in [6, 6.07) is 11.7. The van der Waals surface area contributed by atoms with Crippen LogP contribution in [0.25, 0.3) is 11.1 Å². The molecule has 0 amide bonds. The van der Waals surface area contributed by atoms with Gasteiger partial charge in [0.15, 0.2) is 0 Å². The molecule has 3 atom stereocenters. The largest absolute Gasteiger partial charge is 0.484 e. The summed E-state index contributed by atoms with van der Waals surface area (Å²) in [7, 11) is 1.51. The van der Waals surface area contributed by atoms with Gasteiger partial charge in [-0.15, -0.1) is 0 Å². The number of carboxylic acids is 1. The molecular weight excluding hydrogens is 525 g/mol. The van der Waals surface area contributed by atoms with Crippen LogP contribution in [0.15, 0.2) is 42.6 Å². The second kappa shape index (κ2) is 11.7. The highest BCUT2D eigenvalue weighted by Crippen LogP contribution is 2.48. The summed E-state index contributed by atoms with van der Waals surface area (Å²) in [6.07, 6.45) is 4.65. The molecule has 2 aromatic heterocycles. The summed E-state index contributed by atoms with van der Waals surface area (Å²) in [5, 5.41) is 9.73. The van der Waals surface area contributed by atoms with Crippen molar-refractivity contribution in [2.45, 2.75) is 51.2 Å². The van der Waals surface area contributed by atoms with Crippen molar-refractivity contribution in [1.29, 1.82) is 0 Å². The quantitative estimate of drug-likeness (QED) is 0.371. The van der Waals surface area contributed by atoms with Gasteiger partial charge in [-0.25, -0.2) is 9.37 Å². The first-order chi connectivity index (χ1) is 19.9. The number of aryl methyl sites for hydroxylation is 1. The third-order valence-corrected chi connectivity index (χ3v) is 8.61. The first-order valence-corrected chi connectivity index (χ1v) is 14.4. The van der Waals surface area contributed by atoms with Gasteiger partial charge in [-0.3, -0.25) is 14.7 Å². The smallest absolute Gasteiger partial charge is 0.306 e. The van der Waals surface area contributed by atoms with Gasteiger partial charge in [0.05, 0.1) is 43.8 Å². The zero-order valence-electron chi connectivity index (χ0n) is 23.5. The molecule has 216 valence electrons. The molecule has 3 aliphatic rings. The zero-order chi connectivity index (χ0) is 28.5. The molecule has 0 spiro atoms. The first-order valence-electron chi connectivity index (χ1n) is 14.4. The Kier molecular flexibility index (Phi) is 7.90. The van der Waals surface area contributed by atoms with E-state index in [0.29, 0.717) is 42.7 Å². The Balaban J connectivity index is 1.31. The Morgan fingerprint density at radius 2 is 1.95 bits per heavy atom. The normalized spacial score (nSPS) is 20.5. The number of carbonyl (C=O) groups is 1. The highest BCUT2D eigenvalue weighted by atomic mass is 19.1. The van der Waals surface area contributed by atoms with E-state index in [1.165, 1.54) is 13.3 Å². The summed E-state index contributed by atoms with van der Waals surface area (Å²) in [6.45, 7) is 5.22. The molecule has 1 saturated heterocycles. The van der Waals surface area contributed by atoms with Gasteiger partial charge in [0.2, 0.25) is 5.88 Å². The van der Waals surface area contributed by atoms with Crippen LogP contribution < -0.4 is 9.47 Å². The van der Waals surface area contributed by atoms with Crippen molar-refractivity contribution in [2.75, 3.05) is 33.4 Å². The van der Waals surface area contributed by atoms with E-state index in [1.807, 2.05) is 18.2 Å². The lowest BCUT2D eigenvalue weighted by Gasteiger charge is -2.30. The maximum Gasteiger partial charge on any atom is 0.306 e. The molecule has 2 fully saturated rings. The highest BCUT2D eigenvalue weighted by Gasteiger charge is 2.39. The van der Waals surface area contributed by atoms with Gasteiger partial charge >= 0.3 is 5.97 Å². The van der Waals surface area contributed by atoms with Gasteiger partial charge in [-0.05, 0) is 60.8 Å². The van der Waals surface area contributed by atoms with Gasteiger partial charge in [-0.2, -0.15) is 0 Å². The third-order valence-electron chi connectivity index (χ3n) is 8.61. The maximum atomic E-state index is 15.0. The third kappa shape index (κ3) is 5.92. The predicted octanol–water partition coefficient (Wildman–Crippen LogP) is 5.40. The van der Waals surface area contributed by atoms with Crippen molar-refractivity contribution >= 4 is 5.97 Å². The second-order valence-corrected chi connectivity index (χ2v) is 11.3. The Hall–Kier alpha value is -3.56. The van der Waals surface area contributed by atoms with Crippen LogP contribution >= 0.6 is 0 Å². The van der Waals surface area contributed by atoms with E-state index in [0.717, 1.165) is 67.0 Å². The number of benzene rings is 1. The Bertz CT molecular complexity index is 1420. The summed E-state index contributed by atoms with van der Waals surface area (Å²) in [5.74, 6) is -0.128. The molecule has 3 aromatic rings. The molecule has 41 heavy (non-hydrogen) atoms. The molecule has 1 saturated carbocycles. The Labute approximate surface area is 239 Å². The number of fused-ring (bicyclic) bond motifs is 1. The fraction of sp³-hybridized carbons (Fsp3) is 0.469. The second-order valence-electron chi connectivity index (χ2n) is 11.3. The summed E-state index contributed by atoms with van der Waals surface area (Å²) >= 11 is 0. The van der Waals surface area contributed by atoms with E-state index in [1.54, 1.807) is 13.0 Å². The Morgan fingerprint density at radius 1 is 1.15 bits per heavy atom. The molecular formula is C32H36FN3O5. The van der Waals surface area contributed by atoms with Crippen molar-refractivity contribution in [3.8, 4) is 22.8 Å². The molecule has 9 heteroatoms. The number of methoxy groups -OCH3 is 1. The number of nitrogens with zero attached hydrogens (tertiary/aromatic N) is 3. The molecule has 2 aliphatic heterocycles. The predicted molar refractivity (Wildman–Crippen MR) is 150 cm³/mol. The van der Waals surface area contributed by atoms with Crippen LogP contribution in [0.4, 0.5) is 4.39 Å². The average molecular weight is 562 g/mol. The molecule has 1 N–H and O–H groups in total. The standard InChI is InChI=1S/C32H36FN3O5/c1-19(32(37)38)31(21-4-5-21)22-6-3-20-7-10-28(41-29(20)15-22)26-9-8-23(24-16-30(39-2)34-17-25(24)33)27(35-26)18-36-11-13-40-14-12-36/h3,6,8-9,15-17,19,21,28,31H,4-5,7,10-14,18H2,1-2H3,(H,37,38)/t19-,28?,31-/m0/s1. The number of morpholine rings is 1. The van der Waals surface area contributed by atoms with Gasteiger partial charge in [0.1, 0.15) is 17.7 Å². The summed E-state index contributed by atoms with van der Waals surface area (Å²) in [4.78, 5) is 23.2. The summed E-state index contributed by atoms with van der Waals surface area (Å²) in [5.41, 5.74) is 4.82. The SMILES string of the molecule is COc1cc(-c2ccc(C3CCc4ccc([C@H](C5CC5)[C@H](C)C(=O)O)cc4O3)nc2CN2CCOCC2)c(F)cn1. The molecule has 1 aromatic carbocycles. The number of carboxylic acid groups (broad SMARTS) is 1. The number of halogens is 1. The number of hydrogen-bond donors (Lipinski definition) is 1. The Morgan fingerprint density at radius 3 is 2.68 bits per heavy atom. The van der Waals surface area contributed by atoms with E-state index < -0.39 is 17.7 Å². The average Bonchev–Trinajstić information content (AvgIpc) is 3.83. The van der Waals surface area contributed by atoms with Crippen molar-refractivity contribution in [1.82, 2.24) is 14.9 Å². The van der Waals surface area contributed by atoms with Crippen LogP contribution in [0.1, 0.15) is 60.7 Å². The van der Waals surface area contributed by atoms with E-state index in [2.05, 4.69) is 22.0 Å². The van der Waals surface area contributed by atoms with Crippen LogP contribution in [0.3, 0.4) is 0 Å². The molecule has 1 aliphatic carbocycles. The summed E-state index contributed by atoms with van der Waals surface area (Å²) < 4.78 is 32.3. The lowest BCUT2D eigenvalue weighted by Crippen LogP contribution is -2.36. The van der Waals surface area contributed by atoms with Gasteiger partial charge in [-0.1, -0.05) is 25.1 Å². The van der Waals surface area contributed by atoms with Crippen LogP contribution in [-0.2, 0) is 22.5 Å². The lowest BCUT2D eigenvalue weighted by molar-refractivity contribution is -0.142. The van der Waals surface area contributed by atoms with Crippen molar-refractivity contribution < 1.29 is 28.5 Å². The lowest BCUT2D eigenvalue weighted by atomic mass is 9.82. The molecule has 6 rings (SSSR count). The van der Waals surface area contributed by atoms with Crippen molar-refractivity contribution in [3.05, 3.63) is 70.9 Å². The van der Waals surface area contributed by atoms with Gasteiger partial charge in [0, 0.05) is 36.8 Å². The number of pyridine rings is 2. The molecule has 1 unspecified atom stereocenters.